The summed E-state index contributed by atoms with van der Waals surface area (Å²) in [4.78, 5) is 2.40. The van der Waals surface area contributed by atoms with Crippen molar-refractivity contribution in [2.75, 3.05) is 31.1 Å². The molecule has 2 saturated heterocycles. The van der Waals surface area contributed by atoms with Crippen molar-refractivity contribution < 1.29 is 8.42 Å². The second kappa shape index (κ2) is 4.86. The third kappa shape index (κ3) is 3.01. The molecule has 2 rings (SSSR count). The highest BCUT2D eigenvalue weighted by Gasteiger charge is 2.43. The van der Waals surface area contributed by atoms with E-state index >= 15 is 0 Å². The third-order valence-corrected chi connectivity index (χ3v) is 6.05. The van der Waals surface area contributed by atoms with Gasteiger partial charge in [0.1, 0.15) is 0 Å². The van der Waals surface area contributed by atoms with Crippen LogP contribution in [0.15, 0.2) is 0 Å². The van der Waals surface area contributed by atoms with Crippen molar-refractivity contribution in [3.8, 4) is 0 Å². The maximum atomic E-state index is 11.7. The molecule has 0 saturated carbocycles. The molecule has 17 heavy (non-hydrogen) atoms. The predicted octanol–water partition coefficient (Wildman–Crippen LogP) is 0.638. The molecule has 0 spiro atoms. The second-order valence-corrected chi connectivity index (χ2v) is 7.87. The summed E-state index contributed by atoms with van der Waals surface area (Å²) in [7, 11) is -2.80. The molecule has 0 aromatic carbocycles. The summed E-state index contributed by atoms with van der Waals surface area (Å²) < 4.78 is 23.3. The Balaban J connectivity index is 2.02. The summed E-state index contributed by atoms with van der Waals surface area (Å²) in [5.41, 5.74) is -0.118. The first-order valence-electron chi connectivity index (χ1n) is 6.64. The zero-order valence-electron chi connectivity index (χ0n) is 10.9. The molecule has 5 heteroatoms. The van der Waals surface area contributed by atoms with Crippen LogP contribution in [0.25, 0.3) is 0 Å². The van der Waals surface area contributed by atoms with Gasteiger partial charge in [0.15, 0.2) is 9.84 Å². The van der Waals surface area contributed by atoms with Crippen molar-refractivity contribution in [3.63, 3.8) is 0 Å². The van der Waals surface area contributed by atoms with Gasteiger partial charge in [-0.3, -0.25) is 4.90 Å². The first kappa shape index (κ1) is 13.3. The van der Waals surface area contributed by atoms with E-state index in [0.29, 0.717) is 17.5 Å². The van der Waals surface area contributed by atoms with Gasteiger partial charge in [0, 0.05) is 18.1 Å². The minimum Gasteiger partial charge on any atom is -0.313 e. The minimum atomic E-state index is -2.80. The molecule has 1 N–H and O–H groups in total. The van der Waals surface area contributed by atoms with E-state index in [0.717, 1.165) is 26.1 Å². The molecule has 0 bridgehead atoms. The SMILES string of the molecule is CCNC1CCCN(C2(C)CCS(=O)(=O)C2)C1. The molecule has 0 aromatic rings. The molecule has 2 heterocycles. The van der Waals surface area contributed by atoms with Crippen LogP contribution >= 0.6 is 0 Å². The van der Waals surface area contributed by atoms with E-state index < -0.39 is 9.84 Å². The average molecular weight is 260 g/mol. The fourth-order valence-corrected chi connectivity index (χ4v) is 5.34. The summed E-state index contributed by atoms with van der Waals surface area (Å²) >= 11 is 0. The summed E-state index contributed by atoms with van der Waals surface area (Å²) in [6.45, 7) is 7.29. The fourth-order valence-electron chi connectivity index (χ4n) is 3.17. The van der Waals surface area contributed by atoms with Crippen LogP contribution in [0.5, 0.6) is 0 Å². The van der Waals surface area contributed by atoms with Gasteiger partial charge < -0.3 is 5.32 Å². The van der Waals surface area contributed by atoms with Crippen LogP contribution in [0.4, 0.5) is 0 Å². The highest BCUT2D eigenvalue weighted by Crippen LogP contribution is 2.31. The highest BCUT2D eigenvalue weighted by molar-refractivity contribution is 7.91. The van der Waals surface area contributed by atoms with Gasteiger partial charge >= 0.3 is 0 Å². The molecule has 0 amide bonds. The van der Waals surface area contributed by atoms with Crippen LogP contribution < -0.4 is 5.32 Å². The maximum absolute atomic E-state index is 11.7. The lowest BCUT2D eigenvalue weighted by Crippen LogP contribution is -2.55. The standard InChI is InChI=1S/C12H24N2O2S/c1-3-13-11-5-4-7-14(9-11)12(2)6-8-17(15,16)10-12/h11,13H,3-10H2,1-2H3. The highest BCUT2D eigenvalue weighted by atomic mass is 32.2. The van der Waals surface area contributed by atoms with Crippen molar-refractivity contribution in [1.82, 2.24) is 10.2 Å². The van der Waals surface area contributed by atoms with Gasteiger partial charge in [-0.05, 0) is 39.3 Å². The van der Waals surface area contributed by atoms with Crippen LogP contribution in [0, 0.1) is 0 Å². The monoisotopic (exact) mass is 260 g/mol. The van der Waals surface area contributed by atoms with Crippen LogP contribution in [-0.4, -0.2) is 56.0 Å². The Kier molecular flexibility index (Phi) is 3.80. The molecule has 0 radical (unpaired) electrons. The van der Waals surface area contributed by atoms with E-state index in [1.165, 1.54) is 12.8 Å². The molecule has 2 aliphatic rings. The Bertz CT molecular complexity index is 367. The normalized spacial score (nSPS) is 38.4. The lowest BCUT2D eigenvalue weighted by atomic mass is 9.94. The van der Waals surface area contributed by atoms with Gasteiger partial charge in [0.25, 0.3) is 0 Å². The molecule has 4 nitrogen and oxygen atoms in total. The number of likely N-dealkylation sites (tertiary alicyclic amines) is 1. The van der Waals surface area contributed by atoms with Gasteiger partial charge in [-0.25, -0.2) is 8.42 Å². The quantitative estimate of drug-likeness (QED) is 0.809. The number of piperidine rings is 1. The lowest BCUT2D eigenvalue weighted by Gasteiger charge is -2.43. The van der Waals surface area contributed by atoms with Crippen LogP contribution in [-0.2, 0) is 9.84 Å². The Morgan fingerprint density at radius 2 is 2.24 bits per heavy atom. The van der Waals surface area contributed by atoms with E-state index in [9.17, 15) is 8.42 Å². The van der Waals surface area contributed by atoms with Crippen molar-refractivity contribution in [2.45, 2.75) is 44.7 Å². The minimum absolute atomic E-state index is 0.118. The van der Waals surface area contributed by atoms with E-state index in [1.807, 2.05) is 0 Å². The largest absolute Gasteiger partial charge is 0.313 e. The number of hydrogen-bond acceptors (Lipinski definition) is 4. The van der Waals surface area contributed by atoms with Crippen molar-refractivity contribution in [2.24, 2.45) is 0 Å². The molecule has 2 atom stereocenters. The molecule has 0 aliphatic carbocycles. The smallest absolute Gasteiger partial charge is 0.152 e. The van der Waals surface area contributed by atoms with Crippen LogP contribution in [0.1, 0.15) is 33.1 Å². The zero-order valence-corrected chi connectivity index (χ0v) is 11.7. The third-order valence-electron chi connectivity index (χ3n) is 4.16. The van der Waals surface area contributed by atoms with Crippen molar-refractivity contribution in [3.05, 3.63) is 0 Å². The molecule has 2 fully saturated rings. The van der Waals surface area contributed by atoms with Gasteiger partial charge in [-0.15, -0.1) is 0 Å². The number of likely N-dealkylation sites (N-methyl/N-ethyl adjacent to an activating group) is 1. The Labute approximate surface area is 105 Å². The first-order chi connectivity index (χ1) is 7.95. The Hall–Kier alpha value is -0.130. The zero-order chi connectivity index (χ0) is 12.5. The Morgan fingerprint density at radius 1 is 1.47 bits per heavy atom. The predicted molar refractivity (Wildman–Crippen MR) is 69.9 cm³/mol. The van der Waals surface area contributed by atoms with Crippen LogP contribution in [0.3, 0.4) is 0 Å². The summed E-state index contributed by atoms with van der Waals surface area (Å²) in [6, 6.07) is 0.536. The van der Waals surface area contributed by atoms with E-state index in [1.54, 1.807) is 0 Å². The van der Waals surface area contributed by atoms with Gasteiger partial charge in [0.05, 0.1) is 11.5 Å². The summed E-state index contributed by atoms with van der Waals surface area (Å²) in [5.74, 6) is 0.713. The maximum Gasteiger partial charge on any atom is 0.152 e. The summed E-state index contributed by atoms with van der Waals surface area (Å²) in [6.07, 6.45) is 3.19. The molecular weight excluding hydrogens is 236 g/mol. The molecule has 2 aliphatic heterocycles. The van der Waals surface area contributed by atoms with E-state index in [-0.39, 0.29) is 5.54 Å². The molecule has 100 valence electrons. The van der Waals surface area contributed by atoms with E-state index in [2.05, 4.69) is 24.1 Å². The number of sulfone groups is 1. The topological polar surface area (TPSA) is 49.4 Å². The van der Waals surface area contributed by atoms with Gasteiger partial charge in [0.2, 0.25) is 0 Å². The van der Waals surface area contributed by atoms with Crippen LogP contribution in [0.2, 0.25) is 0 Å². The van der Waals surface area contributed by atoms with Crippen molar-refractivity contribution in [1.29, 1.82) is 0 Å². The number of hydrogen-bond donors (Lipinski definition) is 1. The van der Waals surface area contributed by atoms with Gasteiger partial charge in [-0.2, -0.15) is 0 Å². The average Bonchev–Trinajstić information content (AvgIpc) is 2.55. The summed E-state index contributed by atoms with van der Waals surface area (Å²) in [5, 5.41) is 3.48. The second-order valence-electron chi connectivity index (χ2n) is 5.68. The van der Waals surface area contributed by atoms with Gasteiger partial charge in [-0.1, -0.05) is 6.92 Å². The molecule has 0 aromatic heterocycles. The molecule has 2 unspecified atom stereocenters. The Morgan fingerprint density at radius 3 is 2.82 bits per heavy atom. The fraction of sp³-hybridized carbons (Fsp3) is 1.00. The number of rotatable bonds is 3. The lowest BCUT2D eigenvalue weighted by molar-refractivity contribution is 0.0829. The number of nitrogens with zero attached hydrogens (tertiary/aromatic N) is 1. The number of nitrogens with one attached hydrogen (secondary N) is 1. The van der Waals surface area contributed by atoms with Crippen molar-refractivity contribution >= 4 is 9.84 Å². The van der Waals surface area contributed by atoms with E-state index in [4.69, 9.17) is 0 Å². The molecular formula is C12H24N2O2S. The first-order valence-corrected chi connectivity index (χ1v) is 8.46.